The van der Waals surface area contributed by atoms with E-state index in [1.807, 2.05) is 4.90 Å². The molecule has 21 heavy (non-hydrogen) atoms. The monoisotopic (exact) mass is 305 g/mol. The number of rotatable bonds is 12. The second-order valence-electron chi connectivity index (χ2n) is 5.26. The van der Waals surface area contributed by atoms with Crippen LogP contribution in [0.4, 0.5) is 0 Å². The lowest BCUT2D eigenvalue weighted by Gasteiger charge is -2.24. The number of carbonyl (C=O) groups excluding carboxylic acids is 1. The summed E-state index contributed by atoms with van der Waals surface area (Å²) in [5, 5.41) is 8.95. The van der Waals surface area contributed by atoms with Crippen LogP contribution in [0.5, 0.6) is 0 Å². The summed E-state index contributed by atoms with van der Waals surface area (Å²) in [7, 11) is 3.25. The molecule has 124 valence electrons. The van der Waals surface area contributed by atoms with E-state index in [4.69, 9.17) is 19.3 Å². The molecule has 0 aromatic carbocycles. The minimum atomic E-state index is -1.51. The van der Waals surface area contributed by atoms with Gasteiger partial charge in [0.1, 0.15) is 0 Å². The molecular weight excluding hydrogens is 278 g/mol. The van der Waals surface area contributed by atoms with E-state index < -0.39 is 17.5 Å². The molecule has 0 saturated carbocycles. The summed E-state index contributed by atoms with van der Waals surface area (Å²) in [6.07, 6.45) is 1.58. The average molecular weight is 305 g/mol. The first-order chi connectivity index (χ1) is 9.83. The maximum absolute atomic E-state index is 11.8. The van der Waals surface area contributed by atoms with Gasteiger partial charge in [-0.15, -0.1) is 0 Å². The van der Waals surface area contributed by atoms with Gasteiger partial charge in [-0.2, -0.15) is 0 Å². The average Bonchev–Trinajstić information content (AvgIpc) is 2.38. The van der Waals surface area contributed by atoms with E-state index in [9.17, 15) is 9.59 Å². The third-order valence-corrected chi connectivity index (χ3v) is 2.88. The number of hydrogen-bond donors (Lipinski definition) is 1. The summed E-state index contributed by atoms with van der Waals surface area (Å²) < 4.78 is 15.0. The Kier molecular flexibility index (Phi) is 9.94. The zero-order valence-corrected chi connectivity index (χ0v) is 13.4. The minimum Gasteiger partial charge on any atom is -0.478 e. The molecule has 0 rings (SSSR count). The van der Waals surface area contributed by atoms with Gasteiger partial charge in [0.25, 0.3) is 0 Å². The van der Waals surface area contributed by atoms with Crippen molar-refractivity contribution in [2.75, 3.05) is 47.1 Å². The Balaban J connectivity index is 4.34. The summed E-state index contributed by atoms with van der Waals surface area (Å²) in [5.74, 6) is -1.71. The Morgan fingerprint density at radius 1 is 1.05 bits per heavy atom. The van der Waals surface area contributed by atoms with Gasteiger partial charge in [-0.3, -0.25) is 9.69 Å². The van der Waals surface area contributed by atoms with E-state index in [0.717, 1.165) is 12.8 Å². The van der Waals surface area contributed by atoms with Gasteiger partial charge < -0.3 is 19.3 Å². The topological polar surface area (TPSA) is 85.3 Å². The first-order valence-electron chi connectivity index (χ1n) is 6.99. The lowest BCUT2D eigenvalue weighted by atomic mass is 10.1. The SMILES string of the molecule is COCCCN(CCCOC)CC(=O)OC(C)(C)C(=O)O. The van der Waals surface area contributed by atoms with Crippen LogP contribution in [0.1, 0.15) is 26.7 Å². The molecule has 7 heteroatoms. The van der Waals surface area contributed by atoms with Crippen molar-refractivity contribution >= 4 is 11.9 Å². The molecule has 0 fully saturated rings. The first kappa shape index (κ1) is 19.8. The molecule has 0 radical (unpaired) electrons. The summed E-state index contributed by atoms with van der Waals surface area (Å²) >= 11 is 0. The lowest BCUT2D eigenvalue weighted by molar-refractivity contribution is -0.175. The van der Waals surface area contributed by atoms with Gasteiger partial charge in [0.05, 0.1) is 6.54 Å². The van der Waals surface area contributed by atoms with E-state index in [-0.39, 0.29) is 6.54 Å². The number of hydrogen-bond acceptors (Lipinski definition) is 6. The van der Waals surface area contributed by atoms with Gasteiger partial charge in [0.15, 0.2) is 0 Å². The number of methoxy groups -OCH3 is 2. The lowest BCUT2D eigenvalue weighted by Crippen LogP contribution is -2.41. The van der Waals surface area contributed by atoms with Crippen LogP contribution >= 0.6 is 0 Å². The predicted molar refractivity (Wildman–Crippen MR) is 77.2 cm³/mol. The number of nitrogens with zero attached hydrogens (tertiary/aromatic N) is 1. The molecule has 0 aliphatic carbocycles. The van der Waals surface area contributed by atoms with Gasteiger partial charge in [-0.25, -0.2) is 4.79 Å². The molecule has 0 amide bonds. The zero-order chi connectivity index (χ0) is 16.3. The van der Waals surface area contributed by atoms with Crippen molar-refractivity contribution in [3.8, 4) is 0 Å². The highest BCUT2D eigenvalue weighted by molar-refractivity contribution is 5.81. The van der Waals surface area contributed by atoms with E-state index in [0.29, 0.717) is 26.3 Å². The molecule has 0 spiro atoms. The molecule has 0 bridgehead atoms. The van der Waals surface area contributed by atoms with Crippen molar-refractivity contribution in [1.29, 1.82) is 0 Å². The summed E-state index contributed by atoms with van der Waals surface area (Å²) in [6, 6.07) is 0. The maximum atomic E-state index is 11.8. The highest BCUT2D eigenvalue weighted by Gasteiger charge is 2.32. The van der Waals surface area contributed by atoms with Gasteiger partial charge in [-0.1, -0.05) is 0 Å². The Hall–Kier alpha value is -1.18. The Bertz CT molecular complexity index is 309. The van der Waals surface area contributed by atoms with Crippen LogP contribution in [0, 0.1) is 0 Å². The van der Waals surface area contributed by atoms with Crippen molar-refractivity contribution in [3.05, 3.63) is 0 Å². The van der Waals surface area contributed by atoms with Crippen molar-refractivity contribution in [1.82, 2.24) is 4.90 Å². The number of carboxylic acids is 1. The molecule has 7 nitrogen and oxygen atoms in total. The fourth-order valence-electron chi connectivity index (χ4n) is 1.68. The fourth-order valence-corrected chi connectivity index (χ4v) is 1.68. The summed E-state index contributed by atoms with van der Waals surface area (Å²) in [6.45, 7) is 5.35. The third-order valence-electron chi connectivity index (χ3n) is 2.88. The van der Waals surface area contributed by atoms with Crippen molar-refractivity contribution in [3.63, 3.8) is 0 Å². The van der Waals surface area contributed by atoms with E-state index >= 15 is 0 Å². The largest absolute Gasteiger partial charge is 0.478 e. The van der Waals surface area contributed by atoms with Crippen LogP contribution < -0.4 is 0 Å². The number of carboxylic acid groups (broad SMARTS) is 1. The smallest absolute Gasteiger partial charge is 0.347 e. The van der Waals surface area contributed by atoms with Gasteiger partial charge in [0, 0.05) is 40.5 Å². The van der Waals surface area contributed by atoms with Gasteiger partial charge in [0.2, 0.25) is 5.60 Å². The summed E-state index contributed by atoms with van der Waals surface area (Å²) in [5.41, 5.74) is -1.51. The van der Waals surface area contributed by atoms with Crippen LogP contribution in [0.3, 0.4) is 0 Å². The molecule has 0 atom stereocenters. The Morgan fingerprint density at radius 2 is 1.52 bits per heavy atom. The number of esters is 1. The van der Waals surface area contributed by atoms with Crippen molar-refractivity contribution in [2.45, 2.75) is 32.3 Å². The summed E-state index contributed by atoms with van der Waals surface area (Å²) in [4.78, 5) is 24.7. The molecule has 0 unspecified atom stereocenters. The number of aliphatic carboxylic acids is 1. The van der Waals surface area contributed by atoms with Crippen LogP contribution in [0.15, 0.2) is 0 Å². The predicted octanol–water partition coefficient (Wildman–Crippen LogP) is 0.768. The number of ether oxygens (including phenoxy) is 3. The molecule has 0 heterocycles. The highest BCUT2D eigenvalue weighted by atomic mass is 16.6. The van der Waals surface area contributed by atoms with Crippen LogP contribution in [-0.4, -0.2) is 74.6 Å². The first-order valence-corrected chi connectivity index (χ1v) is 6.99. The van der Waals surface area contributed by atoms with E-state index in [2.05, 4.69) is 0 Å². The second kappa shape index (κ2) is 10.5. The standard InChI is InChI=1S/C14H27NO6/c1-14(2,13(17)18)21-12(16)11-15(7-5-9-19-3)8-6-10-20-4/h5-11H2,1-4H3,(H,17,18). The second-order valence-corrected chi connectivity index (χ2v) is 5.26. The van der Waals surface area contributed by atoms with Gasteiger partial charge >= 0.3 is 11.9 Å². The van der Waals surface area contributed by atoms with Crippen LogP contribution in [0.25, 0.3) is 0 Å². The third kappa shape index (κ3) is 9.38. The Morgan fingerprint density at radius 3 is 1.90 bits per heavy atom. The van der Waals surface area contributed by atoms with Crippen LogP contribution in [-0.2, 0) is 23.8 Å². The van der Waals surface area contributed by atoms with Gasteiger partial charge in [-0.05, 0) is 26.7 Å². The zero-order valence-electron chi connectivity index (χ0n) is 13.4. The highest BCUT2D eigenvalue weighted by Crippen LogP contribution is 2.10. The number of carbonyl (C=O) groups is 2. The van der Waals surface area contributed by atoms with Crippen molar-refractivity contribution < 1.29 is 28.9 Å². The quantitative estimate of drug-likeness (QED) is 0.421. The van der Waals surface area contributed by atoms with Crippen molar-refractivity contribution in [2.24, 2.45) is 0 Å². The molecule has 0 aliphatic rings. The molecular formula is C14H27NO6. The molecule has 0 aliphatic heterocycles. The van der Waals surface area contributed by atoms with E-state index in [1.165, 1.54) is 13.8 Å². The molecule has 0 saturated heterocycles. The Labute approximate surface area is 126 Å². The molecule has 0 aromatic rings. The molecule has 0 aromatic heterocycles. The fraction of sp³-hybridized carbons (Fsp3) is 0.857. The van der Waals surface area contributed by atoms with Crippen LogP contribution in [0.2, 0.25) is 0 Å². The minimum absolute atomic E-state index is 0.0597. The molecule has 1 N–H and O–H groups in total. The normalized spacial score (nSPS) is 11.7. The van der Waals surface area contributed by atoms with E-state index in [1.54, 1.807) is 14.2 Å². The maximum Gasteiger partial charge on any atom is 0.347 e.